The van der Waals surface area contributed by atoms with Crippen molar-refractivity contribution < 1.29 is 18.0 Å². The van der Waals surface area contributed by atoms with Crippen LogP contribution in [0.1, 0.15) is 18.2 Å². The molecule has 3 rings (SSSR count). The van der Waals surface area contributed by atoms with Gasteiger partial charge in [0.15, 0.2) is 5.13 Å². The van der Waals surface area contributed by atoms with Gasteiger partial charge in [-0.15, -0.1) is 11.3 Å². The van der Waals surface area contributed by atoms with Crippen LogP contribution in [-0.2, 0) is 17.4 Å². The van der Waals surface area contributed by atoms with Crippen molar-refractivity contribution in [1.82, 2.24) is 9.88 Å². The van der Waals surface area contributed by atoms with E-state index >= 15 is 0 Å². The first kappa shape index (κ1) is 19.6. The summed E-state index contributed by atoms with van der Waals surface area (Å²) in [7, 11) is 0. The highest BCUT2D eigenvalue weighted by Crippen LogP contribution is 2.31. The van der Waals surface area contributed by atoms with Gasteiger partial charge in [0.1, 0.15) is 0 Å². The molecule has 146 valence electrons. The van der Waals surface area contributed by atoms with Crippen LogP contribution in [0.15, 0.2) is 29.6 Å². The van der Waals surface area contributed by atoms with E-state index in [-0.39, 0.29) is 12.5 Å². The summed E-state index contributed by atoms with van der Waals surface area (Å²) in [5, 5.41) is 5.32. The van der Waals surface area contributed by atoms with E-state index < -0.39 is 11.7 Å². The molecule has 1 aliphatic rings. The third kappa shape index (κ3) is 5.20. The van der Waals surface area contributed by atoms with E-state index in [2.05, 4.69) is 10.3 Å². The molecule has 0 spiro atoms. The van der Waals surface area contributed by atoms with Gasteiger partial charge in [0, 0.05) is 37.2 Å². The van der Waals surface area contributed by atoms with Crippen LogP contribution in [0.25, 0.3) is 0 Å². The highest BCUT2D eigenvalue weighted by molar-refractivity contribution is 7.13. The van der Waals surface area contributed by atoms with Crippen molar-refractivity contribution >= 4 is 28.1 Å². The zero-order chi connectivity index (χ0) is 19.4. The van der Waals surface area contributed by atoms with E-state index in [9.17, 15) is 18.0 Å². The number of carbonyl (C=O) groups excluding carboxylic acids is 1. The Morgan fingerprint density at radius 2 is 2.00 bits per heavy atom. The normalized spacial score (nSPS) is 15.8. The number of piperazine rings is 1. The molecular weight excluding hydrogens is 377 g/mol. The smallest absolute Gasteiger partial charge is 0.369 e. The molecule has 1 saturated heterocycles. The monoisotopic (exact) mass is 398 g/mol. The molecule has 1 aliphatic heterocycles. The van der Waals surface area contributed by atoms with Gasteiger partial charge in [0.2, 0.25) is 5.91 Å². The molecule has 1 N–H and O–H groups in total. The highest BCUT2D eigenvalue weighted by Gasteiger charge is 2.31. The summed E-state index contributed by atoms with van der Waals surface area (Å²) in [6.45, 7) is 4.63. The van der Waals surface area contributed by atoms with Crippen molar-refractivity contribution in [2.45, 2.75) is 19.5 Å². The van der Waals surface area contributed by atoms with Crippen molar-refractivity contribution in [2.75, 3.05) is 42.9 Å². The summed E-state index contributed by atoms with van der Waals surface area (Å²) >= 11 is 1.40. The SMILES string of the molecule is CCc1csc(NC(=O)CN2CCN(c3cccc(C(F)(F)F)c3)CC2)n1. The topological polar surface area (TPSA) is 48.5 Å². The van der Waals surface area contributed by atoms with E-state index in [0.717, 1.165) is 18.2 Å². The van der Waals surface area contributed by atoms with Gasteiger partial charge in [-0.25, -0.2) is 4.98 Å². The van der Waals surface area contributed by atoms with Gasteiger partial charge in [-0.1, -0.05) is 13.0 Å². The molecule has 9 heteroatoms. The number of aryl methyl sites for hydroxylation is 1. The Balaban J connectivity index is 1.51. The van der Waals surface area contributed by atoms with Gasteiger partial charge < -0.3 is 10.2 Å². The van der Waals surface area contributed by atoms with Crippen LogP contribution in [0.3, 0.4) is 0 Å². The lowest BCUT2D eigenvalue weighted by Gasteiger charge is -2.35. The van der Waals surface area contributed by atoms with Crippen molar-refractivity contribution in [3.8, 4) is 0 Å². The van der Waals surface area contributed by atoms with Crippen molar-refractivity contribution in [2.24, 2.45) is 0 Å². The molecular formula is C18H21F3N4OS. The lowest BCUT2D eigenvalue weighted by Crippen LogP contribution is -2.48. The van der Waals surface area contributed by atoms with Gasteiger partial charge in [0.25, 0.3) is 0 Å². The molecule has 1 amide bonds. The Morgan fingerprint density at radius 1 is 1.26 bits per heavy atom. The molecule has 1 aromatic heterocycles. The number of thiazole rings is 1. The van der Waals surface area contributed by atoms with Crippen LogP contribution in [0, 0.1) is 0 Å². The number of amides is 1. The van der Waals surface area contributed by atoms with Crippen LogP contribution in [0.2, 0.25) is 0 Å². The summed E-state index contributed by atoms with van der Waals surface area (Å²) in [6, 6.07) is 5.37. The Kier molecular flexibility index (Phi) is 6.01. The third-order valence-corrected chi connectivity index (χ3v) is 5.25. The second-order valence-corrected chi connectivity index (χ2v) is 7.22. The summed E-state index contributed by atoms with van der Waals surface area (Å²) in [5.74, 6) is -0.125. The number of aromatic nitrogens is 1. The number of nitrogens with one attached hydrogen (secondary N) is 1. The van der Waals surface area contributed by atoms with Crippen LogP contribution >= 0.6 is 11.3 Å². The number of halogens is 3. The first-order valence-corrected chi connectivity index (χ1v) is 9.62. The molecule has 27 heavy (non-hydrogen) atoms. The number of alkyl halides is 3. The fraction of sp³-hybridized carbons (Fsp3) is 0.444. The summed E-state index contributed by atoms with van der Waals surface area (Å²) in [6.07, 6.45) is -3.52. The summed E-state index contributed by atoms with van der Waals surface area (Å²) < 4.78 is 38.6. The van der Waals surface area contributed by atoms with E-state index in [4.69, 9.17) is 0 Å². The molecule has 2 heterocycles. The van der Waals surface area contributed by atoms with Crippen molar-refractivity contribution in [1.29, 1.82) is 0 Å². The van der Waals surface area contributed by atoms with Gasteiger partial charge in [-0.2, -0.15) is 13.2 Å². The molecule has 5 nitrogen and oxygen atoms in total. The number of rotatable bonds is 5. The molecule has 0 unspecified atom stereocenters. The largest absolute Gasteiger partial charge is 0.416 e. The van der Waals surface area contributed by atoms with Crippen molar-refractivity contribution in [3.63, 3.8) is 0 Å². The fourth-order valence-electron chi connectivity index (χ4n) is 2.93. The quantitative estimate of drug-likeness (QED) is 0.838. The van der Waals surface area contributed by atoms with Gasteiger partial charge in [-0.05, 0) is 24.6 Å². The number of hydrogen-bond donors (Lipinski definition) is 1. The number of carbonyl (C=O) groups is 1. The molecule has 0 radical (unpaired) electrons. The Bertz CT molecular complexity index is 785. The molecule has 2 aromatic rings. The minimum Gasteiger partial charge on any atom is -0.369 e. The zero-order valence-electron chi connectivity index (χ0n) is 14.9. The second-order valence-electron chi connectivity index (χ2n) is 6.36. The average molecular weight is 398 g/mol. The zero-order valence-corrected chi connectivity index (χ0v) is 15.7. The van der Waals surface area contributed by atoms with E-state index in [0.29, 0.717) is 37.0 Å². The Hall–Kier alpha value is -2.13. The Labute approximate surface area is 159 Å². The summed E-state index contributed by atoms with van der Waals surface area (Å²) in [5.41, 5.74) is 0.866. The number of nitrogens with zero attached hydrogens (tertiary/aromatic N) is 3. The second kappa shape index (κ2) is 8.26. The number of hydrogen-bond acceptors (Lipinski definition) is 5. The predicted octanol–water partition coefficient (Wildman–Crippen LogP) is 3.49. The number of benzene rings is 1. The van der Waals surface area contributed by atoms with Gasteiger partial charge in [0.05, 0.1) is 17.8 Å². The van der Waals surface area contributed by atoms with Gasteiger partial charge >= 0.3 is 6.18 Å². The molecule has 0 atom stereocenters. The standard InChI is InChI=1S/C18H21F3N4OS/c1-2-14-12-27-17(22-14)23-16(26)11-24-6-8-25(9-7-24)15-5-3-4-13(10-15)18(19,20)21/h3-5,10,12H,2,6-9,11H2,1H3,(H,22,23,26). The van der Waals surface area contributed by atoms with Crippen LogP contribution in [0.5, 0.6) is 0 Å². The van der Waals surface area contributed by atoms with E-state index in [1.165, 1.54) is 23.5 Å². The Morgan fingerprint density at radius 3 is 2.63 bits per heavy atom. The maximum Gasteiger partial charge on any atom is 0.416 e. The van der Waals surface area contributed by atoms with Crippen molar-refractivity contribution in [3.05, 3.63) is 40.9 Å². The maximum absolute atomic E-state index is 12.9. The lowest BCUT2D eigenvalue weighted by molar-refractivity contribution is -0.137. The minimum atomic E-state index is -4.34. The van der Waals surface area contributed by atoms with E-state index in [1.807, 2.05) is 22.1 Å². The first-order chi connectivity index (χ1) is 12.8. The third-order valence-electron chi connectivity index (χ3n) is 4.44. The van der Waals surface area contributed by atoms with Crippen LogP contribution in [0.4, 0.5) is 24.0 Å². The first-order valence-electron chi connectivity index (χ1n) is 8.74. The minimum absolute atomic E-state index is 0.125. The number of anilines is 2. The molecule has 0 saturated carbocycles. The molecule has 0 aliphatic carbocycles. The maximum atomic E-state index is 12.9. The van der Waals surface area contributed by atoms with Crippen LogP contribution in [-0.4, -0.2) is 48.5 Å². The lowest BCUT2D eigenvalue weighted by atomic mass is 10.1. The molecule has 1 aromatic carbocycles. The van der Waals surface area contributed by atoms with Crippen LogP contribution < -0.4 is 10.2 Å². The average Bonchev–Trinajstić information content (AvgIpc) is 3.09. The van der Waals surface area contributed by atoms with E-state index in [1.54, 1.807) is 6.07 Å². The fourth-order valence-corrected chi connectivity index (χ4v) is 3.74. The highest BCUT2D eigenvalue weighted by atomic mass is 32.1. The molecule has 1 fully saturated rings. The molecule has 0 bridgehead atoms. The predicted molar refractivity (Wildman–Crippen MR) is 100 cm³/mol. The van der Waals surface area contributed by atoms with Gasteiger partial charge in [-0.3, -0.25) is 9.69 Å². The summed E-state index contributed by atoms with van der Waals surface area (Å²) in [4.78, 5) is 20.4.